The molecule has 0 nitrogen and oxygen atoms in total. The van der Waals surface area contributed by atoms with Gasteiger partial charge in [0.1, 0.15) is 0 Å². The molecular formula is C51H36. The molecule has 0 N–H and O–H groups in total. The van der Waals surface area contributed by atoms with Gasteiger partial charge in [-0.2, -0.15) is 0 Å². The fourth-order valence-electron chi connectivity index (χ4n) is 9.78. The first-order valence-electron chi connectivity index (χ1n) is 18.3. The molecule has 0 aromatic heterocycles. The van der Waals surface area contributed by atoms with Gasteiger partial charge < -0.3 is 0 Å². The van der Waals surface area contributed by atoms with Gasteiger partial charge in [-0.05, 0) is 124 Å². The van der Waals surface area contributed by atoms with Crippen LogP contribution in [0, 0.1) is 0 Å². The van der Waals surface area contributed by atoms with Gasteiger partial charge in [0, 0.05) is 11.3 Å². The Hall–Kier alpha value is -5.98. The molecule has 4 aliphatic carbocycles. The molecular weight excluding hydrogens is 613 g/mol. The van der Waals surface area contributed by atoms with Gasteiger partial charge in [-0.3, -0.25) is 0 Å². The number of rotatable bonds is 3. The van der Waals surface area contributed by atoms with E-state index in [2.05, 4.69) is 178 Å². The molecule has 1 unspecified atom stereocenters. The number of allylic oxidation sites excluding steroid dienone is 7. The molecule has 1 atom stereocenters. The van der Waals surface area contributed by atoms with Crippen molar-refractivity contribution in [1.82, 2.24) is 0 Å². The van der Waals surface area contributed by atoms with E-state index in [9.17, 15) is 0 Å². The van der Waals surface area contributed by atoms with E-state index < -0.39 is 0 Å². The van der Waals surface area contributed by atoms with Crippen LogP contribution in [0.5, 0.6) is 0 Å². The molecule has 0 heteroatoms. The van der Waals surface area contributed by atoms with Crippen LogP contribution in [0.4, 0.5) is 0 Å². The van der Waals surface area contributed by atoms with Crippen LogP contribution in [-0.2, 0) is 11.8 Å². The number of hydrogen-bond acceptors (Lipinski definition) is 0. The minimum absolute atomic E-state index is 0.145. The highest BCUT2D eigenvalue weighted by molar-refractivity contribution is 6.21. The molecule has 11 rings (SSSR count). The van der Waals surface area contributed by atoms with Gasteiger partial charge in [-0.25, -0.2) is 0 Å². The smallest absolute Gasteiger partial charge is 0.0345 e. The first-order chi connectivity index (χ1) is 25.1. The lowest BCUT2D eigenvalue weighted by Crippen LogP contribution is -2.18. The fraction of sp³-hybridized carbons (Fsp3) is 0.0980. The van der Waals surface area contributed by atoms with Gasteiger partial charge in [-0.1, -0.05) is 166 Å². The predicted molar refractivity (Wildman–Crippen MR) is 216 cm³/mol. The molecule has 0 bridgehead atoms. The summed E-state index contributed by atoms with van der Waals surface area (Å²) in [4.78, 5) is 0. The van der Waals surface area contributed by atoms with Crippen molar-refractivity contribution >= 4 is 27.6 Å². The van der Waals surface area contributed by atoms with Crippen LogP contribution in [0.3, 0.4) is 0 Å². The minimum atomic E-state index is -0.145. The highest BCUT2D eigenvalue weighted by Gasteiger charge is 2.37. The molecule has 0 fully saturated rings. The molecule has 7 aromatic carbocycles. The minimum Gasteiger partial charge on any atom is -0.0759 e. The summed E-state index contributed by atoms with van der Waals surface area (Å²) in [5, 5.41) is 5.18. The van der Waals surface area contributed by atoms with E-state index in [1.807, 2.05) is 0 Å². The zero-order valence-electron chi connectivity index (χ0n) is 28.9. The summed E-state index contributed by atoms with van der Waals surface area (Å²) >= 11 is 0. The van der Waals surface area contributed by atoms with Crippen LogP contribution >= 0.6 is 0 Å². The normalized spacial score (nSPS) is 17.2. The summed E-state index contributed by atoms with van der Waals surface area (Å²) in [6.07, 6.45) is 14.9. The second kappa shape index (κ2) is 10.5. The van der Waals surface area contributed by atoms with E-state index in [4.69, 9.17) is 0 Å². The van der Waals surface area contributed by atoms with Crippen molar-refractivity contribution < 1.29 is 0 Å². The van der Waals surface area contributed by atoms with Crippen LogP contribution < -0.4 is 0 Å². The molecule has 51 heavy (non-hydrogen) atoms. The predicted octanol–water partition coefficient (Wildman–Crippen LogP) is 13.4. The molecule has 0 radical (unpaired) electrons. The summed E-state index contributed by atoms with van der Waals surface area (Å²) in [7, 11) is 0. The standard InChI is InChI=1S/C51H36/c1-51(2)45-29-35(37-25-21-34-20-19-32-13-10-14-33-22-28-44(37)50(34)47(32)33)23-26-38(45)39-27-24-36(30-46(39)51)49-42-17-8-6-15-40(42)48(31-11-4-3-5-12-31)41-16-7-9-18-43(41)49/h3-19,21-30,47H,20H2,1-2H3. The second-order valence-corrected chi connectivity index (χ2v) is 15.2. The van der Waals surface area contributed by atoms with Crippen LogP contribution in [0.2, 0.25) is 0 Å². The molecule has 0 saturated carbocycles. The van der Waals surface area contributed by atoms with Gasteiger partial charge in [0.15, 0.2) is 0 Å². The van der Waals surface area contributed by atoms with Crippen molar-refractivity contribution in [1.29, 1.82) is 0 Å². The van der Waals surface area contributed by atoms with Gasteiger partial charge in [0.2, 0.25) is 0 Å². The summed E-state index contributed by atoms with van der Waals surface area (Å²) < 4.78 is 0. The Morgan fingerprint density at radius 1 is 0.510 bits per heavy atom. The van der Waals surface area contributed by atoms with E-state index in [0.29, 0.717) is 5.92 Å². The SMILES string of the molecule is CC1(C)c2cc(-c3ccc4c5c3C=CC3=CC=CC(=CC4)C35)ccc2-c2ccc(-c3c4ccccc4c(-c4ccccc4)c4ccccc34)cc21. The van der Waals surface area contributed by atoms with Gasteiger partial charge in [0.05, 0.1) is 0 Å². The molecule has 0 spiro atoms. The maximum absolute atomic E-state index is 2.50. The van der Waals surface area contributed by atoms with Gasteiger partial charge in [-0.15, -0.1) is 0 Å². The lowest BCUT2D eigenvalue weighted by molar-refractivity contribution is 0.661. The van der Waals surface area contributed by atoms with Crippen LogP contribution in [0.1, 0.15) is 47.6 Å². The Kier molecular flexibility index (Phi) is 5.94. The first-order valence-corrected chi connectivity index (χ1v) is 18.3. The quantitative estimate of drug-likeness (QED) is 0.167. The summed E-state index contributed by atoms with van der Waals surface area (Å²) in [6, 6.07) is 48.0. The average Bonchev–Trinajstić information content (AvgIpc) is 3.41. The Morgan fingerprint density at radius 2 is 1.10 bits per heavy atom. The zero-order valence-corrected chi connectivity index (χ0v) is 28.9. The first kappa shape index (κ1) is 28.8. The van der Waals surface area contributed by atoms with Crippen LogP contribution in [-0.4, -0.2) is 0 Å². The molecule has 0 aliphatic heterocycles. The number of fused-ring (bicyclic) bond motifs is 5. The molecule has 0 amide bonds. The monoisotopic (exact) mass is 648 g/mol. The summed E-state index contributed by atoms with van der Waals surface area (Å²) in [6.45, 7) is 4.83. The highest BCUT2D eigenvalue weighted by Crippen LogP contribution is 2.53. The van der Waals surface area contributed by atoms with Crippen molar-refractivity contribution in [3.8, 4) is 44.5 Å². The van der Waals surface area contributed by atoms with E-state index in [1.165, 1.54) is 105 Å². The van der Waals surface area contributed by atoms with Crippen molar-refractivity contribution in [3.63, 3.8) is 0 Å². The Bertz CT molecular complexity index is 2720. The Labute approximate surface area is 299 Å². The number of benzene rings is 7. The van der Waals surface area contributed by atoms with E-state index in [0.717, 1.165) is 6.42 Å². The summed E-state index contributed by atoms with van der Waals surface area (Å²) in [5.41, 5.74) is 20.4. The lowest BCUT2D eigenvalue weighted by Gasteiger charge is -2.34. The Balaban J connectivity index is 1.06. The van der Waals surface area contributed by atoms with E-state index >= 15 is 0 Å². The topological polar surface area (TPSA) is 0 Å². The third kappa shape index (κ3) is 4.02. The lowest BCUT2D eigenvalue weighted by atomic mass is 9.70. The van der Waals surface area contributed by atoms with Gasteiger partial charge >= 0.3 is 0 Å². The third-order valence-corrected chi connectivity index (χ3v) is 12.2. The molecule has 240 valence electrons. The van der Waals surface area contributed by atoms with Crippen molar-refractivity contribution in [2.45, 2.75) is 31.6 Å². The number of hydrogen-bond donors (Lipinski definition) is 0. The second-order valence-electron chi connectivity index (χ2n) is 15.2. The molecule has 7 aromatic rings. The molecule has 0 saturated heterocycles. The highest BCUT2D eigenvalue weighted by atomic mass is 14.4. The van der Waals surface area contributed by atoms with Crippen LogP contribution in [0.25, 0.3) is 72.1 Å². The molecule has 4 aliphatic rings. The van der Waals surface area contributed by atoms with Gasteiger partial charge in [0.25, 0.3) is 0 Å². The fourth-order valence-corrected chi connectivity index (χ4v) is 9.78. The van der Waals surface area contributed by atoms with Crippen LogP contribution in [0.15, 0.2) is 169 Å². The van der Waals surface area contributed by atoms with Crippen molar-refractivity contribution in [2.75, 3.05) is 0 Å². The summed E-state index contributed by atoms with van der Waals surface area (Å²) in [5.74, 6) is 0.362. The third-order valence-electron chi connectivity index (χ3n) is 12.2. The van der Waals surface area contributed by atoms with E-state index in [-0.39, 0.29) is 5.41 Å². The van der Waals surface area contributed by atoms with E-state index in [1.54, 1.807) is 0 Å². The largest absolute Gasteiger partial charge is 0.0759 e. The van der Waals surface area contributed by atoms with Crippen molar-refractivity contribution in [2.24, 2.45) is 0 Å². The Morgan fingerprint density at radius 3 is 1.78 bits per heavy atom. The average molecular weight is 649 g/mol. The zero-order chi connectivity index (χ0) is 33.8. The maximum Gasteiger partial charge on any atom is 0.0345 e. The molecule has 0 heterocycles. The van der Waals surface area contributed by atoms with Crippen molar-refractivity contribution in [3.05, 3.63) is 197 Å². The maximum atomic E-state index is 2.50.